The lowest BCUT2D eigenvalue weighted by Gasteiger charge is -2.30. The molecule has 2 aromatic carbocycles. The van der Waals surface area contributed by atoms with Gasteiger partial charge >= 0.3 is 0 Å². The largest absolute Gasteiger partial charge is 0.497 e. The first-order valence-corrected chi connectivity index (χ1v) is 11.3. The maximum atomic E-state index is 13.2. The smallest absolute Gasteiger partial charge is 0.261 e. The molecule has 0 fully saturated rings. The summed E-state index contributed by atoms with van der Waals surface area (Å²) in [6, 6.07) is 12.7. The monoisotopic (exact) mass is 440 g/mol. The molecule has 2 aromatic rings. The predicted molar refractivity (Wildman–Crippen MR) is 127 cm³/mol. The number of nitrogens with zero attached hydrogens (tertiary/aromatic N) is 1. The summed E-state index contributed by atoms with van der Waals surface area (Å²) in [6.07, 6.45) is 2.42. The molecule has 0 aromatic heterocycles. The van der Waals surface area contributed by atoms with Crippen LogP contribution in [0.5, 0.6) is 11.5 Å². The van der Waals surface area contributed by atoms with Gasteiger partial charge in [-0.3, -0.25) is 9.59 Å². The highest BCUT2D eigenvalue weighted by Gasteiger charge is 2.28. The second-order valence-electron chi connectivity index (χ2n) is 7.97. The third-order valence-corrected chi connectivity index (χ3v) is 5.57. The molecule has 2 amide bonds. The van der Waals surface area contributed by atoms with E-state index in [9.17, 15) is 9.59 Å². The number of nitrogens with one attached hydrogen (secondary N) is 1. The third kappa shape index (κ3) is 7.29. The molecule has 0 aliphatic carbocycles. The van der Waals surface area contributed by atoms with Crippen molar-refractivity contribution in [2.24, 2.45) is 0 Å². The summed E-state index contributed by atoms with van der Waals surface area (Å²) in [5, 5.41) is 2.97. The lowest BCUT2D eigenvalue weighted by atomic mass is 10.1. The van der Waals surface area contributed by atoms with E-state index < -0.39 is 6.04 Å². The Kier molecular flexibility index (Phi) is 10.1. The first kappa shape index (κ1) is 25.2. The normalized spacial score (nSPS) is 11.5. The number of hydrogen-bond donors (Lipinski definition) is 1. The van der Waals surface area contributed by atoms with Crippen LogP contribution in [0.2, 0.25) is 0 Å². The lowest BCUT2D eigenvalue weighted by molar-refractivity contribution is -0.143. The Hall–Kier alpha value is -3.02. The van der Waals surface area contributed by atoms with Crippen molar-refractivity contribution in [3.8, 4) is 11.5 Å². The first-order chi connectivity index (χ1) is 15.4. The van der Waals surface area contributed by atoms with E-state index in [1.165, 1.54) is 5.56 Å². The van der Waals surface area contributed by atoms with Crippen LogP contribution in [0.1, 0.15) is 49.8 Å². The fraction of sp³-hybridized carbons (Fsp3) is 0.462. The Balaban J connectivity index is 2.18. The van der Waals surface area contributed by atoms with Crippen LogP contribution in [0.25, 0.3) is 0 Å². The lowest BCUT2D eigenvalue weighted by Crippen LogP contribution is -2.50. The molecule has 0 saturated heterocycles. The number of amides is 2. The van der Waals surface area contributed by atoms with Crippen LogP contribution in [0.3, 0.4) is 0 Å². The summed E-state index contributed by atoms with van der Waals surface area (Å²) in [4.78, 5) is 27.7. The number of methoxy groups -OCH3 is 1. The molecule has 174 valence electrons. The zero-order valence-electron chi connectivity index (χ0n) is 19.9. The quantitative estimate of drug-likeness (QED) is 0.496. The SMILES string of the molecule is CCCCNC(=O)C(CC)N(Cc1ccc(OC)cc1)C(=O)COc1ccc(C)c(C)c1. The van der Waals surface area contributed by atoms with E-state index in [4.69, 9.17) is 9.47 Å². The number of unbranched alkanes of at least 4 members (excludes halogenated alkanes) is 1. The van der Waals surface area contributed by atoms with E-state index in [0.717, 1.165) is 29.7 Å². The number of carbonyl (C=O) groups is 2. The van der Waals surface area contributed by atoms with Gasteiger partial charge in [0, 0.05) is 13.1 Å². The van der Waals surface area contributed by atoms with Crippen LogP contribution in [0.4, 0.5) is 0 Å². The molecule has 32 heavy (non-hydrogen) atoms. The van der Waals surface area contributed by atoms with Crippen molar-refractivity contribution in [2.75, 3.05) is 20.3 Å². The number of rotatable bonds is 12. The molecule has 0 aliphatic rings. The van der Waals surface area contributed by atoms with Gasteiger partial charge < -0.3 is 19.7 Å². The van der Waals surface area contributed by atoms with Gasteiger partial charge in [-0.25, -0.2) is 0 Å². The Morgan fingerprint density at radius 1 is 1.00 bits per heavy atom. The summed E-state index contributed by atoms with van der Waals surface area (Å²) < 4.78 is 11.0. The first-order valence-electron chi connectivity index (χ1n) is 11.3. The van der Waals surface area contributed by atoms with Crippen molar-refractivity contribution >= 4 is 11.8 Å². The zero-order valence-corrected chi connectivity index (χ0v) is 19.9. The molecule has 0 bridgehead atoms. The minimum atomic E-state index is -0.565. The Labute approximate surface area is 191 Å². The minimum Gasteiger partial charge on any atom is -0.497 e. The van der Waals surface area contributed by atoms with Gasteiger partial charge in [-0.2, -0.15) is 0 Å². The van der Waals surface area contributed by atoms with Crippen LogP contribution >= 0.6 is 0 Å². The number of carbonyl (C=O) groups excluding carboxylic acids is 2. The van der Waals surface area contributed by atoms with Gasteiger partial charge in [-0.15, -0.1) is 0 Å². The van der Waals surface area contributed by atoms with E-state index in [0.29, 0.717) is 25.3 Å². The molecule has 0 spiro atoms. The van der Waals surface area contributed by atoms with Crippen molar-refractivity contribution in [1.29, 1.82) is 0 Å². The number of aryl methyl sites for hydroxylation is 2. The summed E-state index contributed by atoms with van der Waals surface area (Å²) in [7, 11) is 1.61. The van der Waals surface area contributed by atoms with Crippen molar-refractivity contribution in [3.05, 3.63) is 59.2 Å². The predicted octanol–water partition coefficient (Wildman–Crippen LogP) is 4.41. The maximum Gasteiger partial charge on any atom is 0.261 e. The fourth-order valence-electron chi connectivity index (χ4n) is 3.38. The Morgan fingerprint density at radius 3 is 2.28 bits per heavy atom. The molecule has 0 saturated carbocycles. The highest BCUT2D eigenvalue weighted by Crippen LogP contribution is 2.19. The number of hydrogen-bond acceptors (Lipinski definition) is 4. The van der Waals surface area contributed by atoms with E-state index in [-0.39, 0.29) is 18.4 Å². The molecule has 0 radical (unpaired) electrons. The summed E-state index contributed by atoms with van der Waals surface area (Å²) >= 11 is 0. The van der Waals surface area contributed by atoms with Gasteiger partial charge in [-0.05, 0) is 67.6 Å². The van der Waals surface area contributed by atoms with Crippen LogP contribution < -0.4 is 14.8 Å². The van der Waals surface area contributed by atoms with Crippen molar-refractivity contribution in [2.45, 2.75) is 59.5 Å². The molecule has 1 atom stereocenters. The summed E-state index contributed by atoms with van der Waals surface area (Å²) in [5.41, 5.74) is 3.19. The molecule has 6 heteroatoms. The average Bonchev–Trinajstić information content (AvgIpc) is 2.80. The van der Waals surface area contributed by atoms with Crippen molar-refractivity contribution in [1.82, 2.24) is 10.2 Å². The molecule has 1 unspecified atom stereocenters. The van der Waals surface area contributed by atoms with Crippen LogP contribution in [-0.4, -0.2) is 43.0 Å². The third-order valence-electron chi connectivity index (χ3n) is 5.57. The van der Waals surface area contributed by atoms with E-state index in [1.54, 1.807) is 12.0 Å². The number of ether oxygens (including phenoxy) is 2. The zero-order chi connectivity index (χ0) is 23.5. The summed E-state index contributed by atoms with van der Waals surface area (Å²) in [6.45, 7) is 8.83. The fourth-order valence-corrected chi connectivity index (χ4v) is 3.38. The second-order valence-corrected chi connectivity index (χ2v) is 7.97. The van der Waals surface area contributed by atoms with E-state index >= 15 is 0 Å². The molecular formula is C26H36N2O4. The highest BCUT2D eigenvalue weighted by molar-refractivity contribution is 5.88. The number of benzene rings is 2. The Bertz CT molecular complexity index is 880. The Morgan fingerprint density at radius 2 is 1.69 bits per heavy atom. The molecule has 0 aliphatic heterocycles. The van der Waals surface area contributed by atoms with Crippen LogP contribution in [-0.2, 0) is 16.1 Å². The molecule has 6 nitrogen and oxygen atoms in total. The van der Waals surface area contributed by atoms with Crippen molar-refractivity contribution in [3.63, 3.8) is 0 Å². The van der Waals surface area contributed by atoms with Gasteiger partial charge in [0.1, 0.15) is 17.5 Å². The molecule has 2 rings (SSSR count). The second kappa shape index (κ2) is 12.7. The molecular weight excluding hydrogens is 404 g/mol. The van der Waals surface area contributed by atoms with E-state index in [1.807, 2.05) is 63.2 Å². The molecule has 1 N–H and O–H groups in total. The van der Waals surface area contributed by atoms with Gasteiger partial charge in [0.25, 0.3) is 5.91 Å². The maximum absolute atomic E-state index is 13.2. The van der Waals surface area contributed by atoms with Crippen molar-refractivity contribution < 1.29 is 19.1 Å². The van der Waals surface area contributed by atoms with Gasteiger partial charge in [-0.1, -0.05) is 38.5 Å². The van der Waals surface area contributed by atoms with Gasteiger partial charge in [0.05, 0.1) is 7.11 Å². The van der Waals surface area contributed by atoms with Crippen LogP contribution in [0.15, 0.2) is 42.5 Å². The van der Waals surface area contributed by atoms with E-state index in [2.05, 4.69) is 12.2 Å². The van der Waals surface area contributed by atoms with Gasteiger partial charge in [0.15, 0.2) is 6.61 Å². The highest BCUT2D eigenvalue weighted by atomic mass is 16.5. The average molecular weight is 441 g/mol. The van der Waals surface area contributed by atoms with Crippen LogP contribution in [0, 0.1) is 13.8 Å². The standard InChI is InChI=1S/C26H36N2O4/c1-6-8-15-27-26(30)24(7-2)28(17-21-10-13-22(31-5)14-11-21)25(29)18-32-23-12-9-19(3)20(4)16-23/h9-14,16,24H,6-8,15,17-18H2,1-5H3,(H,27,30). The molecule has 0 heterocycles. The minimum absolute atomic E-state index is 0.128. The van der Waals surface area contributed by atoms with Gasteiger partial charge in [0.2, 0.25) is 5.91 Å². The summed E-state index contributed by atoms with van der Waals surface area (Å²) in [5.74, 6) is 1.03. The topological polar surface area (TPSA) is 67.9 Å².